The molecule has 7 heteroatoms. The van der Waals surface area contributed by atoms with Gasteiger partial charge in [0.05, 0.1) is 17.2 Å². The fraction of sp³-hybridized carbons (Fsp3) is 0.500. The van der Waals surface area contributed by atoms with E-state index in [1.54, 1.807) is 31.3 Å². The lowest BCUT2D eigenvalue weighted by Crippen LogP contribution is -2.29. The van der Waals surface area contributed by atoms with Crippen LogP contribution in [0, 0.1) is 13.8 Å². The van der Waals surface area contributed by atoms with Crippen LogP contribution in [0.4, 0.5) is 0 Å². The Balaban J connectivity index is 2.11. The van der Waals surface area contributed by atoms with Crippen molar-refractivity contribution in [2.24, 2.45) is 0 Å². The van der Waals surface area contributed by atoms with Gasteiger partial charge in [0.15, 0.2) is 0 Å². The van der Waals surface area contributed by atoms with E-state index in [0.29, 0.717) is 25.3 Å². The van der Waals surface area contributed by atoms with E-state index in [2.05, 4.69) is 5.10 Å². The molecule has 2 rings (SSSR count). The van der Waals surface area contributed by atoms with Crippen molar-refractivity contribution in [3.05, 3.63) is 41.2 Å². The number of sulfonamides is 1. The van der Waals surface area contributed by atoms with Gasteiger partial charge in [0, 0.05) is 25.8 Å². The molecule has 2 aromatic rings. The van der Waals surface area contributed by atoms with Crippen LogP contribution in [0.2, 0.25) is 0 Å². The summed E-state index contributed by atoms with van der Waals surface area (Å²) in [6.07, 6.45) is 0.643. The monoisotopic (exact) mass is 365 g/mol. The number of aryl methyl sites for hydroxylation is 2. The molecule has 0 radical (unpaired) electrons. The molecule has 0 aliphatic carbocycles. The molecular formula is C18H27N3O3S. The van der Waals surface area contributed by atoms with Crippen LogP contribution < -0.4 is 4.74 Å². The molecule has 1 heterocycles. The maximum atomic E-state index is 12.7. The summed E-state index contributed by atoms with van der Waals surface area (Å²) in [5, 5.41) is 4.49. The molecule has 0 fully saturated rings. The van der Waals surface area contributed by atoms with Crippen molar-refractivity contribution < 1.29 is 13.2 Å². The summed E-state index contributed by atoms with van der Waals surface area (Å²) in [4.78, 5) is 0.274. The normalized spacial score (nSPS) is 11.9. The van der Waals surface area contributed by atoms with Crippen LogP contribution in [-0.4, -0.2) is 42.7 Å². The number of ether oxygens (including phenoxy) is 1. The van der Waals surface area contributed by atoms with Crippen molar-refractivity contribution in [1.82, 2.24) is 14.1 Å². The van der Waals surface area contributed by atoms with Crippen molar-refractivity contribution in [2.45, 2.75) is 45.6 Å². The van der Waals surface area contributed by atoms with E-state index in [1.807, 2.05) is 32.4 Å². The number of likely N-dealkylation sites (N-methyl/N-ethyl adjacent to an activating group) is 1. The van der Waals surface area contributed by atoms with Gasteiger partial charge in [-0.3, -0.25) is 4.68 Å². The molecule has 138 valence electrons. The van der Waals surface area contributed by atoms with Crippen molar-refractivity contribution in [1.29, 1.82) is 0 Å². The van der Waals surface area contributed by atoms with Crippen LogP contribution in [0.5, 0.6) is 5.75 Å². The van der Waals surface area contributed by atoms with Gasteiger partial charge in [-0.15, -0.1) is 0 Å². The number of benzene rings is 1. The third kappa shape index (κ3) is 4.22. The molecule has 1 aromatic carbocycles. The van der Waals surface area contributed by atoms with E-state index >= 15 is 0 Å². The number of hydrogen-bond acceptors (Lipinski definition) is 4. The topological polar surface area (TPSA) is 64.4 Å². The molecule has 1 aromatic heterocycles. The molecule has 0 unspecified atom stereocenters. The Morgan fingerprint density at radius 1 is 1.16 bits per heavy atom. The average molecular weight is 365 g/mol. The van der Waals surface area contributed by atoms with Crippen LogP contribution >= 0.6 is 0 Å². The van der Waals surface area contributed by atoms with Crippen LogP contribution in [0.1, 0.15) is 30.8 Å². The highest BCUT2D eigenvalue weighted by molar-refractivity contribution is 7.89. The lowest BCUT2D eigenvalue weighted by molar-refractivity contribution is 0.340. The molecule has 0 N–H and O–H groups in total. The van der Waals surface area contributed by atoms with Gasteiger partial charge in [-0.05, 0) is 63.9 Å². The SMILES string of the molecule is CCOc1ccc(S(=O)(=O)N(C)CCc2c(C)nn(CC)c2C)cc1. The second-order valence-electron chi connectivity index (χ2n) is 5.95. The molecule has 0 bridgehead atoms. The summed E-state index contributed by atoms with van der Waals surface area (Å²) < 4.78 is 34.1. The third-order valence-electron chi connectivity index (χ3n) is 4.35. The third-order valence-corrected chi connectivity index (χ3v) is 6.22. The van der Waals surface area contributed by atoms with Gasteiger partial charge in [-0.1, -0.05) is 0 Å². The molecule has 0 aliphatic rings. The van der Waals surface area contributed by atoms with Gasteiger partial charge in [0.2, 0.25) is 10.0 Å². The highest BCUT2D eigenvalue weighted by atomic mass is 32.2. The second kappa shape index (κ2) is 8.01. The van der Waals surface area contributed by atoms with Gasteiger partial charge >= 0.3 is 0 Å². The van der Waals surface area contributed by atoms with Crippen LogP contribution in [-0.2, 0) is 23.0 Å². The molecule has 0 saturated heterocycles. The van der Waals surface area contributed by atoms with Crippen molar-refractivity contribution in [3.63, 3.8) is 0 Å². The summed E-state index contributed by atoms with van der Waals surface area (Å²) >= 11 is 0. The largest absolute Gasteiger partial charge is 0.494 e. The number of nitrogens with zero attached hydrogens (tertiary/aromatic N) is 3. The first-order valence-corrected chi connectivity index (χ1v) is 9.97. The Morgan fingerprint density at radius 3 is 2.32 bits per heavy atom. The Kier molecular flexibility index (Phi) is 6.24. The molecule has 0 saturated carbocycles. The maximum absolute atomic E-state index is 12.7. The average Bonchev–Trinajstić information content (AvgIpc) is 2.87. The number of hydrogen-bond donors (Lipinski definition) is 0. The zero-order chi connectivity index (χ0) is 18.6. The van der Waals surface area contributed by atoms with E-state index in [-0.39, 0.29) is 4.90 Å². The number of aromatic nitrogens is 2. The highest BCUT2D eigenvalue weighted by Crippen LogP contribution is 2.20. The molecule has 6 nitrogen and oxygen atoms in total. The van der Waals surface area contributed by atoms with Crippen molar-refractivity contribution >= 4 is 10.0 Å². The van der Waals surface area contributed by atoms with E-state index in [1.165, 1.54) is 4.31 Å². The molecular weight excluding hydrogens is 338 g/mol. The predicted molar refractivity (Wildman–Crippen MR) is 98.5 cm³/mol. The lowest BCUT2D eigenvalue weighted by atomic mass is 10.1. The van der Waals surface area contributed by atoms with E-state index in [9.17, 15) is 8.42 Å². The Labute approximate surface area is 150 Å². The van der Waals surface area contributed by atoms with Crippen molar-refractivity contribution in [2.75, 3.05) is 20.2 Å². The minimum absolute atomic E-state index is 0.274. The molecule has 25 heavy (non-hydrogen) atoms. The highest BCUT2D eigenvalue weighted by Gasteiger charge is 2.21. The fourth-order valence-corrected chi connectivity index (χ4v) is 4.02. The first-order chi connectivity index (χ1) is 11.8. The second-order valence-corrected chi connectivity index (χ2v) is 7.99. The van der Waals surface area contributed by atoms with Gasteiger partial charge < -0.3 is 4.74 Å². The van der Waals surface area contributed by atoms with E-state index in [4.69, 9.17) is 4.74 Å². The predicted octanol–water partition coefficient (Wildman–Crippen LogP) is 2.78. The lowest BCUT2D eigenvalue weighted by Gasteiger charge is -2.17. The summed E-state index contributed by atoms with van der Waals surface area (Å²) in [7, 11) is -1.90. The Bertz CT molecular complexity index is 811. The zero-order valence-corrected chi connectivity index (χ0v) is 16.4. The summed E-state index contributed by atoms with van der Waals surface area (Å²) in [5.74, 6) is 0.669. The zero-order valence-electron chi connectivity index (χ0n) is 15.6. The van der Waals surface area contributed by atoms with E-state index < -0.39 is 10.0 Å². The first-order valence-electron chi connectivity index (χ1n) is 8.53. The fourth-order valence-electron chi connectivity index (χ4n) is 2.85. The first kappa shape index (κ1) is 19.5. The standard InChI is InChI=1S/C18H27N3O3S/c1-6-21-15(4)18(14(3)19-21)12-13-20(5)25(22,23)17-10-8-16(9-11-17)24-7-2/h8-11H,6-7,12-13H2,1-5H3. The molecule has 0 aliphatic heterocycles. The quantitative estimate of drug-likeness (QED) is 0.721. The van der Waals surface area contributed by atoms with Gasteiger partial charge in [-0.2, -0.15) is 5.10 Å². The molecule has 0 amide bonds. The minimum Gasteiger partial charge on any atom is -0.494 e. The smallest absolute Gasteiger partial charge is 0.242 e. The van der Waals surface area contributed by atoms with Gasteiger partial charge in [0.25, 0.3) is 0 Å². The summed E-state index contributed by atoms with van der Waals surface area (Å²) in [6, 6.07) is 6.54. The Morgan fingerprint density at radius 2 is 1.80 bits per heavy atom. The number of rotatable bonds is 8. The maximum Gasteiger partial charge on any atom is 0.242 e. The van der Waals surface area contributed by atoms with Gasteiger partial charge in [0.1, 0.15) is 5.75 Å². The van der Waals surface area contributed by atoms with E-state index in [0.717, 1.165) is 23.5 Å². The summed E-state index contributed by atoms with van der Waals surface area (Å²) in [5.41, 5.74) is 3.19. The summed E-state index contributed by atoms with van der Waals surface area (Å²) in [6.45, 7) is 9.71. The van der Waals surface area contributed by atoms with Gasteiger partial charge in [-0.25, -0.2) is 12.7 Å². The molecule has 0 atom stereocenters. The Hall–Kier alpha value is -1.86. The van der Waals surface area contributed by atoms with Crippen LogP contribution in [0.15, 0.2) is 29.2 Å². The van der Waals surface area contributed by atoms with Crippen LogP contribution in [0.25, 0.3) is 0 Å². The van der Waals surface area contributed by atoms with Crippen molar-refractivity contribution in [3.8, 4) is 5.75 Å². The molecule has 0 spiro atoms. The van der Waals surface area contributed by atoms with Crippen LogP contribution in [0.3, 0.4) is 0 Å². The minimum atomic E-state index is -3.51.